The molecular formula is C17H14N2O8. The number of anilines is 1. The number of benzene rings is 2. The van der Waals surface area contributed by atoms with E-state index in [1.54, 1.807) is 24.3 Å². The van der Waals surface area contributed by atoms with Crippen molar-refractivity contribution in [2.24, 2.45) is 0 Å². The summed E-state index contributed by atoms with van der Waals surface area (Å²) in [5.74, 6) is -0.651. The zero-order valence-electron chi connectivity index (χ0n) is 14.1. The number of amides is 1. The number of nitro groups is 1. The first kappa shape index (κ1) is 18.0. The number of nitro benzene ring substituents is 1. The Balaban J connectivity index is 1.65. The SMILES string of the molecule is COc1ccc(NC(=O)COC(=O)c2cc3c(cc2[N+](=O)[O-])OCO3)cc1. The highest BCUT2D eigenvalue weighted by Gasteiger charge is 2.28. The summed E-state index contributed by atoms with van der Waals surface area (Å²) in [4.78, 5) is 34.5. The quantitative estimate of drug-likeness (QED) is 0.463. The molecule has 27 heavy (non-hydrogen) atoms. The Hall–Kier alpha value is -3.82. The lowest BCUT2D eigenvalue weighted by atomic mass is 10.1. The van der Waals surface area contributed by atoms with Gasteiger partial charge in [-0.2, -0.15) is 0 Å². The second-order valence-corrected chi connectivity index (χ2v) is 5.33. The molecule has 0 aromatic heterocycles. The van der Waals surface area contributed by atoms with Crippen LogP contribution >= 0.6 is 0 Å². The van der Waals surface area contributed by atoms with E-state index in [1.165, 1.54) is 7.11 Å². The molecule has 0 bridgehead atoms. The van der Waals surface area contributed by atoms with Crippen LogP contribution in [-0.4, -0.2) is 37.3 Å². The molecule has 140 valence electrons. The Kier molecular flexibility index (Phi) is 5.06. The first-order chi connectivity index (χ1) is 13.0. The number of nitrogens with one attached hydrogen (secondary N) is 1. The Bertz CT molecular complexity index is 895. The number of esters is 1. The van der Waals surface area contributed by atoms with E-state index < -0.39 is 29.1 Å². The standard InChI is InChI=1S/C17H14N2O8/c1-24-11-4-2-10(3-5-11)18-16(20)8-25-17(21)12-6-14-15(27-9-26-14)7-13(12)19(22)23/h2-7H,8-9H2,1H3,(H,18,20). The van der Waals surface area contributed by atoms with Gasteiger partial charge in [0.05, 0.1) is 18.1 Å². The van der Waals surface area contributed by atoms with Gasteiger partial charge in [0.1, 0.15) is 11.3 Å². The minimum Gasteiger partial charge on any atom is -0.497 e. The summed E-state index contributed by atoms with van der Waals surface area (Å²) in [6.07, 6.45) is 0. The van der Waals surface area contributed by atoms with Crippen LogP contribution in [0.5, 0.6) is 17.2 Å². The molecule has 10 heteroatoms. The van der Waals surface area contributed by atoms with Gasteiger partial charge in [0.25, 0.3) is 11.6 Å². The third-order valence-corrected chi connectivity index (χ3v) is 3.62. The first-order valence-electron chi connectivity index (χ1n) is 7.67. The van der Waals surface area contributed by atoms with Gasteiger partial charge in [0.15, 0.2) is 18.1 Å². The number of ether oxygens (including phenoxy) is 4. The second-order valence-electron chi connectivity index (χ2n) is 5.33. The molecule has 1 amide bonds. The highest BCUT2D eigenvalue weighted by Crippen LogP contribution is 2.38. The topological polar surface area (TPSA) is 126 Å². The van der Waals surface area contributed by atoms with Gasteiger partial charge in [-0.1, -0.05) is 0 Å². The van der Waals surface area contributed by atoms with Crippen LogP contribution in [0.4, 0.5) is 11.4 Å². The van der Waals surface area contributed by atoms with E-state index in [9.17, 15) is 19.7 Å². The summed E-state index contributed by atoms with van der Waals surface area (Å²) in [5, 5.41) is 13.7. The molecule has 0 saturated heterocycles. The van der Waals surface area contributed by atoms with E-state index in [0.717, 1.165) is 12.1 Å². The van der Waals surface area contributed by atoms with Gasteiger partial charge in [0.2, 0.25) is 6.79 Å². The summed E-state index contributed by atoms with van der Waals surface area (Å²) in [6, 6.07) is 8.76. The fourth-order valence-corrected chi connectivity index (χ4v) is 2.33. The van der Waals surface area contributed by atoms with Gasteiger partial charge in [-0.3, -0.25) is 14.9 Å². The molecule has 0 radical (unpaired) electrons. The van der Waals surface area contributed by atoms with Crippen LogP contribution in [0.1, 0.15) is 10.4 Å². The van der Waals surface area contributed by atoms with Crippen molar-refractivity contribution in [2.45, 2.75) is 0 Å². The van der Waals surface area contributed by atoms with Crippen LogP contribution in [0, 0.1) is 10.1 Å². The maximum atomic E-state index is 12.2. The lowest BCUT2D eigenvalue weighted by Gasteiger charge is -2.08. The summed E-state index contributed by atoms with van der Waals surface area (Å²) < 4.78 is 20.0. The molecule has 1 aliphatic rings. The van der Waals surface area contributed by atoms with Gasteiger partial charge < -0.3 is 24.3 Å². The highest BCUT2D eigenvalue weighted by molar-refractivity contribution is 5.98. The molecule has 0 spiro atoms. The molecule has 0 aliphatic carbocycles. The van der Waals surface area contributed by atoms with Gasteiger partial charge in [-0.25, -0.2) is 4.79 Å². The van der Waals surface area contributed by atoms with E-state index in [4.69, 9.17) is 18.9 Å². The molecule has 1 N–H and O–H groups in total. The summed E-state index contributed by atoms with van der Waals surface area (Å²) in [5.41, 5.74) is -0.354. The van der Waals surface area contributed by atoms with Crippen LogP contribution < -0.4 is 19.5 Å². The van der Waals surface area contributed by atoms with Gasteiger partial charge in [0, 0.05) is 11.8 Å². The second kappa shape index (κ2) is 7.60. The van der Waals surface area contributed by atoms with Crippen molar-refractivity contribution < 1.29 is 33.5 Å². The van der Waals surface area contributed by atoms with Crippen molar-refractivity contribution in [3.63, 3.8) is 0 Å². The van der Waals surface area contributed by atoms with E-state index in [-0.39, 0.29) is 23.9 Å². The number of methoxy groups -OCH3 is 1. The fraction of sp³-hybridized carbons (Fsp3) is 0.176. The van der Waals surface area contributed by atoms with Gasteiger partial charge in [-0.05, 0) is 24.3 Å². The van der Waals surface area contributed by atoms with E-state index in [0.29, 0.717) is 11.4 Å². The Morgan fingerprint density at radius 1 is 1.19 bits per heavy atom. The molecular weight excluding hydrogens is 360 g/mol. The normalized spacial score (nSPS) is 11.6. The lowest BCUT2D eigenvalue weighted by Crippen LogP contribution is -2.21. The van der Waals surface area contributed by atoms with Gasteiger partial charge in [-0.15, -0.1) is 0 Å². The largest absolute Gasteiger partial charge is 0.497 e. The monoisotopic (exact) mass is 374 g/mol. The van der Waals surface area contributed by atoms with Crippen LogP contribution in [0.3, 0.4) is 0 Å². The summed E-state index contributed by atoms with van der Waals surface area (Å²) in [7, 11) is 1.52. The molecule has 3 rings (SSSR count). The Morgan fingerprint density at radius 3 is 2.48 bits per heavy atom. The molecule has 2 aromatic rings. The highest BCUT2D eigenvalue weighted by atomic mass is 16.7. The fourth-order valence-electron chi connectivity index (χ4n) is 2.33. The van der Waals surface area contributed by atoms with Crippen LogP contribution in [0.15, 0.2) is 36.4 Å². The lowest BCUT2D eigenvalue weighted by molar-refractivity contribution is -0.385. The summed E-state index contributed by atoms with van der Waals surface area (Å²) >= 11 is 0. The molecule has 2 aromatic carbocycles. The summed E-state index contributed by atoms with van der Waals surface area (Å²) in [6.45, 7) is -0.717. The molecule has 0 saturated carbocycles. The third-order valence-electron chi connectivity index (χ3n) is 3.62. The number of hydrogen-bond acceptors (Lipinski definition) is 8. The van der Waals surface area contributed by atoms with Crippen molar-refractivity contribution in [2.75, 3.05) is 25.8 Å². The maximum absolute atomic E-state index is 12.2. The predicted octanol–water partition coefficient (Wildman–Crippen LogP) is 2.13. The van der Waals surface area contributed by atoms with E-state index in [1.807, 2.05) is 0 Å². The Labute approximate surface area is 152 Å². The van der Waals surface area contributed by atoms with Crippen molar-refractivity contribution >= 4 is 23.3 Å². The van der Waals surface area contributed by atoms with Crippen molar-refractivity contribution in [3.8, 4) is 17.2 Å². The van der Waals surface area contributed by atoms with Crippen LogP contribution in [0.2, 0.25) is 0 Å². The number of rotatable bonds is 6. The Morgan fingerprint density at radius 2 is 1.85 bits per heavy atom. The average molecular weight is 374 g/mol. The first-order valence-corrected chi connectivity index (χ1v) is 7.67. The number of fused-ring (bicyclic) bond motifs is 1. The van der Waals surface area contributed by atoms with Gasteiger partial charge >= 0.3 is 5.97 Å². The minimum atomic E-state index is -1.02. The predicted molar refractivity (Wildman–Crippen MR) is 91.1 cm³/mol. The smallest absolute Gasteiger partial charge is 0.345 e. The molecule has 0 fully saturated rings. The minimum absolute atomic E-state index is 0.102. The number of carbonyl (C=O) groups excluding carboxylic acids is 2. The molecule has 10 nitrogen and oxygen atoms in total. The van der Waals surface area contributed by atoms with Crippen molar-refractivity contribution in [3.05, 3.63) is 52.1 Å². The third kappa shape index (κ3) is 4.06. The average Bonchev–Trinajstić information content (AvgIpc) is 3.13. The van der Waals surface area contributed by atoms with Crippen LogP contribution in [0.25, 0.3) is 0 Å². The zero-order valence-corrected chi connectivity index (χ0v) is 14.1. The molecule has 0 atom stereocenters. The molecule has 1 aliphatic heterocycles. The zero-order chi connectivity index (χ0) is 19.4. The maximum Gasteiger partial charge on any atom is 0.345 e. The van der Waals surface area contributed by atoms with Crippen LogP contribution in [-0.2, 0) is 9.53 Å². The number of carbonyl (C=O) groups is 2. The van der Waals surface area contributed by atoms with Crippen molar-refractivity contribution in [1.29, 1.82) is 0 Å². The molecule has 1 heterocycles. The number of hydrogen-bond donors (Lipinski definition) is 1. The number of nitrogens with zero attached hydrogens (tertiary/aromatic N) is 1. The van der Waals surface area contributed by atoms with E-state index in [2.05, 4.69) is 5.32 Å². The van der Waals surface area contributed by atoms with Crippen molar-refractivity contribution in [1.82, 2.24) is 0 Å². The molecule has 0 unspecified atom stereocenters. The van der Waals surface area contributed by atoms with E-state index >= 15 is 0 Å².